The zero-order valence-electron chi connectivity index (χ0n) is 6.61. The predicted molar refractivity (Wildman–Crippen MR) is 45.4 cm³/mol. The fraction of sp³-hybridized carbons (Fsp3) is 0.600. The van der Waals surface area contributed by atoms with E-state index in [1.165, 1.54) is 19.3 Å². The number of unbranched alkanes of at least 4 members (excludes halogenated alkanes) is 3. The largest absolute Gasteiger partial charge is 0.119 e. The second-order valence-electron chi connectivity index (χ2n) is 2.19. The maximum Gasteiger partial charge on any atom is 0.0700 e. The van der Waals surface area contributed by atoms with Crippen LogP contribution < -0.4 is 0 Å². The lowest BCUT2D eigenvalue weighted by Gasteiger charge is -1.87. The molecule has 0 nitrogen and oxygen atoms in total. The van der Waals surface area contributed by atoms with E-state index < -0.39 is 0 Å². The summed E-state index contributed by atoms with van der Waals surface area (Å²) in [6.07, 6.45) is 10.4. The normalized spacial score (nSPS) is 7.60. The Balaban J connectivity index is 3.06. The molecule has 0 aromatic carbocycles. The van der Waals surface area contributed by atoms with E-state index in [-0.39, 0.29) is 0 Å². The topological polar surface area (TPSA) is 0 Å². The van der Waals surface area contributed by atoms with Crippen molar-refractivity contribution in [2.24, 2.45) is 0 Å². The van der Waals surface area contributed by atoms with Crippen LogP contribution in [0, 0.1) is 24.2 Å². The Morgan fingerprint density at radius 1 is 1.20 bits per heavy atom. The molecule has 0 aliphatic heterocycles. The Morgan fingerprint density at radius 3 is 2.60 bits per heavy atom. The molecular weight excluding hydrogens is 120 g/mol. The molecule has 0 unspecified atom stereocenters. The molecule has 10 heavy (non-hydrogen) atoms. The standard InChI is InChI=1S/C10H14/c1-3-5-7-9-10-8-6-4-2/h1H,4-6,8,10H2,2H3. The highest BCUT2D eigenvalue weighted by Crippen LogP contribution is 1.96. The molecule has 54 valence electrons. The quantitative estimate of drug-likeness (QED) is 0.411. The molecule has 0 N–H and O–H groups in total. The molecule has 0 aliphatic carbocycles. The van der Waals surface area contributed by atoms with E-state index in [1.54, 1.807) is 0 Å². The van der Waals surface area contributed by atoms with Crippen LogP contribution in [-0.4, -0.2) is 0 Å². The summed E-state index contributed by atoms with van der Waals surface area (Å²) in [5.74, 6) is 8.42. The second kappa shape index (κ2) is 8.12. The van der Waals surface area contributed by atoms with Gasteiger partial charge in [0.15, 0.2) is 0 Å². The van der Waals surface area contributed by atoms with Crippen LogP contribution in [-0.2, 0) is 0 Å². The zero-order chi connectivity index (χ0) is 7.66. The number of rotatable bonds is 3. The molecule has 0 aromatic rings. The summed E-state index contributed by atoms with van der Waals surface area (Å²) in [6, 6.07) is 0. The molecule has 0 spiro atoms. The van der Waals surface area contributed by atoms with Crippen LogP contribution in [0.2, 0.25) is 0 Å². The average Bonchev–Trinajstić information content (AvgIpc) is 1.97. The van der Waals surface area contributed by atoms with Crippen LogP contribution in [0.25, 0.3) is 0 Å². The Labute approximate surface area is 64.0 Å². The van der Waals surface area contributed by atoms with Gasteiger partial charge in [0, 0.05) is 6.42 Å². The Morgan fingerprint density at radius 2 is 2.00 bits per heavy atom. The van der Waals surface area contributed by atoms with Crippen LogP contribution in [0.4, 0.5) is 0 Å². The first-order valence-electron chi connectivity index (χ1n) is 3.81. The van der Waals surface area contributed by atoms with Crippen molar-refractivity contribution in [3.8, 4) is 24.2 Å². The fourth-order valence-electron chi connectivity index (χ4n) is 0.665. The van der Waals surface area contributed by atoms with Crippen molar-refractivity contribution in [1.29, 1.82) is 0 Å². The summed E-state index contributed by atoms with van der Waals surface area (Å²) in [7, 11) is 0. The van der Waals surface area contributed by atoms with Gasteiger partial charge in [0.1, 0.15) is 0 Å². The van der Waals surface area contributed by atoms with Gasteiger partial charge in [0.05, 0.1) is 6.42 Å². The van der Waals surface area contributed by atoms with Crippen LogP contribution in [0.1, 0.15) is 39.0 Å². The van der Waals surface area contributed by atoms with Gasteiger partial charge in [-0.3, -0.25) is 0 Å². The molecule has 0 saturated carbocycles. The third-order valence-corrected chi connectivity index (χ3v) is 1.22. The zero-order valence-corrected chi connectivity index (χ0v) is 6.61. The Kier molecular flexibility index (Phi) is 7.41. The number of hydrogen-bond donors (Lipinski definition) is 0. The fourth-order valence-corrected chi connectivity index (χ4v) is 0.665. The Bertz CT molecular complexity index is 149. The number of terminal acetylenes is 1. The molecule has 0 heteroatoms. The Hall–Kier alpha value is -0.880. The molecule has 0 aliphatic rings. The van der Waals surface area contributed by atoms with Gasteiger partial charge in [-0.15, -0.1) is 12.3 Å². The van der Waals surface area contributed by atoms with E-state index in [9.17, 15) is 0 Å². The van der Waals surface area contributed by atoms with Crippen LogP contribution >= 0.6 is 0 Å². The summed E-state index contributed by atoms with van der Waals surface area (Å²) in [6.45, 7) is 2.19. The van der Waals surface area contributed by atoms with Crippen molar-refractivity contribution in [2.45, 2.75) is 39.0 Å². The summed E-state index contributed by atoms with van der Waals surface area (Å²) >= 11 is 0. The maximum atomic E-state index is 5.02. The summed E-state index contributed by atoms with van der Waals surface area (Å²) < 4.78 is 0. The molecule has 0 rings (SSSR count). The minimum Gasteiger partial charge on any atom is -0.119 e. The van der Waals surface area contributed by atoms with E-state index in [4.69, 9.17) is 6.42 Å². The van der Waals surface area contributed by atoms with Crippen molar-refractivity contribution in [1.82, 2.24) is 0 Å². The first-order valence-corrected chi connectivity index (χ1v) is 3.81. The van der Waals surface area contributed by atoms with Gasteiger partial charge in [0.25, 0.3) is 0 Å². The predicted octanol–water partition coefficient (Wildman–Crippen LogP) is 2.59. The molecule has 0 amide bonds. The monoisotopic (exact) mass is 134 g/mol. The van der Waals surface area contributed by atoms with E-state index in [0.29, 0.717) is 6.42 Å². The van der Waals surface area contributed by atoms with Crippen molar-refractivity contribution in [3.05, 3.63) is 0 Å². The van der Waals surface area contributed by atoms with Gasteiger partial charge < -0.3 is 0 Å². The first-order chi connectivity index (χ1) is 4.91. The molecule has 0 saturated heterocycles. The SMILES string of the molecule is C#CCC#CCCCCC. The van der Waals surface area contributed by atoms with Gasteiger partial charge in [-0.2, -0.15) is 0 Å². The van der Waals surface area contributed by atoms with E-state index in [2.05, 4.69) is 24.7 Å². The van der Waals surface area contributed by atoms with Crippen molar-refractivity contribution in [2.75, 3.05) is 0 Å². The third-order valence-electron chi connectivity index (χ3n) is 1.22. The van der Waals surface area contributed by atoms with Gasteiger partial charge in [-0.1, -0.05) is 31.6 Å². The van der Waals surface area contributed by atoms with Crippen LogP contribution in [0.3, 0.4) is 0 Å². The lowest BCUT2D eigenvalue weighted by Crippen LogP contribution is -1.70. The van der Waals surface area contributed by atoms with Gasteiger partial charge in [-0.05, 0) is 6.42 Å². The van der Waals surface area contributed by atoms with Gasteiger partial charge in [0.2, 0.25) is 0 Å². The molecule has 0 heterocycles. The van der Waals surface area contributed by atoms with Crippen molar-refractivity contribution < 1.29 is 0 Å². The molecule has 0 bridgehead atoms. The van der Waals surface area contributed by atoms with Crippen LogP contribution in [0.15, 0.2) is 0 Å². The lowest BCUT2D eigenvalue weighted by atomic mass is 10.2. The highest BCUT2D eigenvalue weighted by atomic mass is 13.8. The highest BCUT2D eigenvalue weighted by Gasteiger charge is 1.79. The third kappa shape index (κ3) is 7.12. The summed E-state index contributed by atoms with van der Waals surface area (Å²) in [4.78, 5) is 0. The van der Waals surface area contributed by atoms with Gasteiger partial charge in [-0.25, -0.2) is 0 Å². The van der Waals surface area contributed by atoms with E-state index in [1.807, 2.05) is 0 Å². The minimum atomic E-state index is 0.603. The lowest BCUT2D eigenvalue weighted by molar-refractivity contribution is 0.737. The molecular formula is C10H14. The minimum absolute atomic E-state index is 0.603. The van der Waals surface area contributed by atoms with Crippen molar-refractivity contribution in [3.63, 3.8) is 0 Å². The average molecular weight is 134 g/mol. The summed E-state index contributed by atoms with van der Waals surface area (Å²) in [5.41, 5.74) is 0. The first kappa shape index (κ1) is 9.12. The maximum absolute atomic E-state index is 5.02. The molecule has 0 fully saturated rings. The second-order valence-corrected chi connectivity index (χ2v) is 2.19. The molecule has 0 aromatic heterocycles. The molecule has 0 radical (unpaired) electrons. The van der Waals surface area contributed by atoms with Gasteiger partial charge >= 0.3 is 0 Å². The number of hydrogen-bond acceptors (Lipinski definition) is 0. The van der Waals surface area contributed by atoms with Crippen LogP contribution in [0.5, 0.6) is 0 Å². The molecule has 0 atom stereocenters. The van der Waals surface area contributed by atoms with E-state index >= 15 is 0 Å². The smallest absolute Gasteiger partial charge is 0.0700 e. The van der Waals surface area contributed by atoms with E-state index in [0.717, 1.165) is 6.42 Å². The summed E-state index contributed by atoms with van der Waals surface area (Å²) in [5, 5.41) is 0. The highest BCUT2D eigenvalue weighted by molar-refractivity contribution is 5.07. The van der Waals surface area contributed by atoms with Crippen molar-refractivity contribution >= 4 is 0 Å².